The molecule has 3 rings (SSSR count). The number of benzene rings is 2. The maximum atomic E-state index is 14.4. The van der Waals surface area contributed by atoms with Crippen LogP contribution in [0, 0.1) is 11.8 Å². The van der Waals surface area contributed by atoms with Gasteiger partial charge in [-0.3, -0.25) is 14.8 Å². The molecular formula is C32H46N4O8S. The molecule has 0 bridgehead atoms. The third-order valence-corrected chi connectivity index (χ3v) is 9.35. The first-order chi connectivity index (χ1) is 21.5. The molecule has 12 nitrogen and oxygen atoms in total. The molecule has 0 heterocycles. The van der Waals surface area contributed by atoms with Crippen LogP contribution in [0.3, 0.4) is 0 Å². The highest BCUT2D eigenvalue weighted by molar-refractivity contribution is 7.89. The summed E-state index contributed by atoms with van der Waals surface area (Å²) in [5, 5.41) is 25.0. The Morgan fingerprint density at radius 2 is 1.67 bits per heavy atom. The average Bonchev–Trinajstić information content (AvgIpc) is 3.03. The number of aliphatic carboxylic acids is 1. The summed E-state index contributed by atoms with van der Waals surface area (Å²) in [5.74, 6) is -3.38. The number of ether oxygens (including phenoxy) is 1. The molecule has 1 aliphatic carbocycles. The van der Waals surface area contributed by atoms with Gasteiger partial charge in [-0.1, -0.05) is 81.0 Å². The van der Waals surface area contributed by atoms with E-state index >= 15 is 0 Å². The van der Waals surface area contributed by atoms with Gasteiger partial charge in [0.15, 0.2) is 0 Å². The number of hydrogen-bond donors (Lipinski definition) is 5. The van der Waals surface area contributed by atoms with Gasteiger partial charge in [0.1, 0.15) is 6.04 Å². The Kier molecular flexibility index (Phi) is 14.4. The van der Waals surface area contributed by atoms with Crippen LogP contribution >= 0.6 is 0 Å². The quantitative estimate of drug-likeness (QED) is 0.0913. The predicted molar refractivity (Wildman–Crippen MR) is 167 cm³/mol. The van der Waals surface area contributed by atoms with Crippen LogP contribution < -0.4 is 16.4 Å². The van der Waals surface area contributed by atoms with Crippen LogP contribution in [0.1, 0.15) is 81.4 Å². The molecule has 1 saturated carbocycles. The molecule has 13 heteroatoms. The van der Waals surface area contributed by atoms with Gasteiger partial charge in [0.25, 0.3) is 0 Å². The van der Waals surface area contributed by atoms with Crippen molar-refractivity contribution >= 4 is 27.8 Å². The number of unbranched alkanes of at least 4 members (excludes halogenated alkanes) is 1. The predicted octanol–water partition coefficient (Wildman–Crippen LogP) is 3.48. The summed E-state index contributed by atoms with van der Waals surface area (Å²) >= 11 is 0. The Morgan fingerprint density at radius 3 is 2.24 bits per heavy atom. The molecule has 248 valence electrons. The number of carbonyl (C=O) groups is 3. The summed E-state index contributed by atoms with van der Waals surface area (Å²) in [5.41, 5.74) is 9.26. The fourth-order valence-electron chi connectivity index (χ4n) is 6.04. The topological polar surface area (TPSA) is 202 Å². The summed E-state index contributed by atoms with van der Waals surface area (Å²) < 4.78 is 29.4. The second-order valence-electron chi connectivity index (χ2n) is 11.7. The van der Waals surface area contributed by atoms with Crippen molar-refractivity contribution in [2.24, 2.45) is 22.7 Å². The maximum Gasteiger partial charge on any atom is 0.326 e. The van der Waals surface area contributed by atoms with Crippen LogP contribution in [0.25, 0.3) is 0 Å². The lowest BCUT2D eigenvalue weighted by atomic mass is 9.83. The van der Waals surface area contributed by atoms with Crippen molar-refractivity contribution in [1.82, 2.24) is 10.4 Å². The summed E-state index contributed by atoms with van der Waals surface area (Å²) in [6.45, 7) is 0.710. The van der Waals surface area contributed by atoms with Crippen molar-refractivity contribution in [3.8, 4) is 0 Å². The van der Waals surface area contributed by atoms with Crippen LogP contribution in [0.15, 0.2) is 59.5 Å². The third-order valence-electron chi connectivity index (χ3n) is 8.42. The number of rotatable bonds is 18. The van der Waals surface area contributed by atoms with E-state index in [4.69, 9.17) is 15.6 Å². The van der Waals surface area contributed by atoms with E-state index in [9.17, 15) is 33.1 Å². The van der Waals surface area contributed by atoms with E-state index in [1.54, 1.807) is 5.48 Å². The number of carboxylic acids is 1. The third kappa shape index (κ3) is 11.2. The SMILES string of the molecule is NCC(c1ccc(S(N)(=O)=O)cc1)N(C(=O)[C@H](CCCCOCc1ccccc1)CC(=O)NO)C(CC1CCCCC1)C(=O)O. The number of nitrogens with zero attached hydrogens (tertiary/aromatic N) is 1. The van der Waals surface area contributed by atoms with Crippen LogP contribution in [0.2, 0.25) is 0 Å². The van der Waals surface area contributed by atoms with Gasteiger partial charge >= 0.3 is 5.97 Å². The Hall–Kier alpha value is -3.36. The largest absolute Gasteiger partial charge is 0.480 e. The number of carbonyl (C=O) groups excluding carboxylic acids is 2. The van der Waals surface area contributed by atoms with E-state index in [0.717, 1.165) is 37.7 Å². The normalized spacial score (nSPS) is 16.0. The molecular weight excluding hydrogens is 600 g/mol. The van der Waals surface area contributed by atoms with Gasteiger partial charge in [-0.05, 0) is 48.4 Å². The fourth-order valence-corrected chi connectivity index (χ4v) is 6.55. The maximum absolute atomic E-state index is 14.4. The first kappa shape index (κ1) is 36.1. The monoisotopic (exact) mass is 646 g/mol. The number of carboxylic acid groups (broad SMARTS) is 1. The number of hydrogen-bond acceptors (Lipinski definition) is 8. The van der Waals surface area contributed by atoms with E-state index in [2.05, 4.69) is 0 Å². The molecule has 3 atom stereocenters. The van der Waals surface area contributed by atoms with E-state index < -0.39 is 45.8 Å². The van der Waals surface area contributed by atoms with Crippen LogP contribution in [0.5, 0.6) is 0 Å². The molecule has 1 fully saturated rings. The van der Waals surface area contributed by atoms with Crippen molar-refractivity contribution in [1.29, 1.82) is 0 Å². The zero-order valence-corrected chi connectivity index (χ0v) is 26.4. The minimum Gasteiger partial charge on any atom is -0.480 e. The first-order valence-corrected chi connectivity index (χ1v) is 17.0. The molecule has 0 radical (unpaired) electrons. The zero-order chi connectivity index (χ0) is 32.8. The van der Waals surface area contributed by atoms with Crippen LogP contribution in [-0.2, 0) is 35.8 Å². The molecule has 2 amide bonds. The molecule has 45 heavy (non-hydrogen) atoms. The van der Waals surface area contributed by atoms with Crippen molar-refractivity contribution < 1.29 is 37.9 Å². The zero-order valence-electron chi connectivity index (χ0n) is 25.6. The molecule has 0 aliphatic heterocycles. The van der Waals surface area contributed by atoms with Crippen molar-refractivity contribution in [2.75, 3.05) is 13.2 Å². The highest BCUT2D eigenvalue weighted by atomic mass is 32.2. The molecule has 1 aliphatic rings. The molecule has 2 aromatic rings. The van der Waals surface area contributed by atoms with Gasteiger partial charge in [-0.15, -0.1) is 0 Å². The summed E-state index contributed by atoms with van der Waals surface area (Å²) in [4.78, 5) is 40.7. The van der Waals surface area contributed by atoms with Crippen LogP contribution in [0.4, 0.5) is 0 Å². The number of nitrogens with one attached hydrogen (secondary N) is 1. The van der Waals surface area contributed by atoms with E-state index in [1.165, 1.54) is 29.2 Å². The van der Waals surface area contributed by atoms with Crippen molar-refractivity contribution in [3.05, 3.63) is 65.7 Å². The Morgan fingerprint density at radius 1 is 1.00 bits per heavy atom. The number of amides is 2. The van der Waals surface area contributed by atoms with Gasteiger partial charge in [0.05, 0.1) is 17.5 Å². The summed E-state index contributed by atoms with van der Waals surface area (Å²) in [6, 6.07) is 13.0. The second-order valence-corrected chi connectivity index (χ2v) is 13.2. The average molecular weight is 647 g/mol. The first-order valence-electron chi connectivity index (χ1n) is 15.5. The lowest BCUT2D eigenvalue weighted by Crippen LogP contribution is -2.52. The highest BCUT2D eigenvalue weighted by Crippen LogP contribution is 2.34. The van der Waals surface area contributed by atoms with E-state index in [-0.39, 0.29) is 36.6 Å². The van der Waals surface area contributed by atoms with E-state index in [1.807, 2.05) is 30.3 Å². The Labute approximate surface area is 265 Å². The molecule has 0 spiro atoms. The standard InChI is InChI=1S/C32H46N4O8S/c33-21-29(25-14-16-27(17-15-25)45(34,42)43)36(28(32(39)40)19-23-9-3-1-4-10-23)31(38)26(20-30(37)35-41)13-7-8-18-44-22-24-11-5-2-6-12-24/h2,5-6,11-12,14-17,23,26,28-29,41H,1,3-4,7-10,13,18-22,33H2,(H,35,37)(H,39,40)(H2,34,42,43)/t26-,28?,29?/m1/s1. The molecule has 2 aromatic carbocycles. The Balaban J connectivity index is 1.87. The minimum absolute atomic E-state index is 0.0966. The van der Waals surface area contributed by atoms with E-state index in [0.29, 0.717) is 31.6 Å². The van der Waals surface area contributed by atoms with Gasteiger partial charge in [-0.25, -0.2) is 23.8 Å². The molecule has 2 unspecified atom stereocenters. The van der Waals surface area contributed by atoms with Gasteiger partial charge in [0, 0.05) is 25.5 Å². The summed E-state index contributed by atoms with van der Waals surface area (Å²) in [6.07, 6.45) is 5.95. The van der Waals surface area contributed by atoms with Gasteiger partial charge < -0.3 is 20.5 Å². The molecule has 0 saturated heterocycles. The van der Waals surface area contributed by atoms with Crippen LogP contribution in [-0.4, -0.2) is 60.6 Å². The molecule has 7 N–H and O–H groups in total. The minimum atomic E-state index is -3.98. The Bertz CT molecular complexity index is 1330. The molecule has 0 aromatic heterocycles. The smallest absolute Gasteiger partial charge is 0.326 e. The number of nitrogens with two attached hydrogens (primary N) is 2. The number of hydroxylamine groups is 1. The van der Waals surface area contributed by atoms with Crippen molar-refractivity contribution in [3.63, 3.8) is 0 Å². The number of sulfonamides is 1. The highest BCUT2D eigenvalue weighted by Gasteiger charge is 2.40. The lowest BCUT2D eigenvalue weighted by Gasteiger charge is -2.40. The second kappa shape index (κ2) is 18.0. The van der Waals surface area contributed by atoms with Gasteiger partial charge in [-0.2, -0.15) is 0 Å². The number of primary sulfonamides is 1. The lowest BCUT2D eigenvalue weighted by molar-refractivity contribution is -0.156. The van der Waals surface area contributed by atoms with Gasteiger partial charge in [0.2, 0.25) is 21.8 Å². The van der Waals surface area contributed by atoms with Crippen molar-refractivity contribution in [2.45, 2.75) is 87.8 Å². The summed E-state index contributed by atoms with van der Waals surface area (Å²) in [7, 11) is -3.98. The fraction of sp³-hybridized carbons (Fsp3) is 0.531.